The first-order valence-electron chi connectivity index (χ1n) is 16.7. The number of phosphoric acid groups is 2. The summed E-state index contributed by atoms with van der Waals surface area (Å²) in [4.78, 5) is 70.7. The molecule has 26 nitrogen and oxygen atoms in total. The van der Waals surface area contributed by atoms with Crippen molar-refractivity contribution in [1.82, 2.24) is 20.2 Å². The van der Waals surface area contributed by atoms with Crippen LogP contribution in [0.4, 0.5) is 0 Å². The molecule has 1 aromatic heterocycles. The minimum absolute atomic E-state index is 0.663. The summed E-state index contributed by atoms with van der Waals surface area (Å²) >= 11 is 0. The number of hydrogen-bond donors (Lipinski definition) is 12. The van der Waals surface area contributed by atoms with E-state index in [1.165, 1.54) is 0 Å². The predicted molar refractivity (Wildman–Crippen MR) is 165 cm³/mol. The third-order valence-electron chi connectivity index (χ3n) is 8.00. The number of aliphatic hydroxyl groups is 7. The van der Waals surface area contributed by atoms with Crippen molar-refractivity contribution < 1.29 is 101 Å². The van der Waals surface area contributed by atoms with E-state index in [2.05, 4.69) is 14.2 Å². The minimum Gasteiger partial charge on any atom is -0.394 e. The van der Waals surface area contributed by atoms with E-state index in [-0.39, 0.29) is 0 Å². The van der Waals surface area contributed by atoms with Gasteiger partial charge in [0, 0.05) is 30.2 Å². The van der Waals surface area contributed by atoms with E-state index in [1.54, 1.807) is 0 Å². The van der Waals surface area contributed by atoms with E-state index >= 15 is 0 Å². The van der Waals surface area contributed by atoms with Crippen LogP contribution in [0.25, 0.3) is 0 Å². The van der Waals surface area contributed by atoms with Crippen LogP contribution in [0, 0.1) is 0 Å². The van der Waals surface area contributed by atoms with Crippen molar-refractivity contribution in [3.05, 3.63) is 33.1 Å². The maximum absolute atomic E-state index is 13.1. The van der Waals surface area contributed by atoms with Crippen LogP contribution in [0.2, 0.25) is 0 Å². The largest absolute Gasteiger partial charge is 0.483 e. The fourth-order valence-corrected chi connectivity index (χ4v) is 7.73. The van der Waals surface area contributed by atoms with Gasteiger partial charge in [-0.1, -0.05) is 0 Å². The van der Waals surface area contributed by atoms with Crippen LogP contribution in [0.15, 0.2) is 21.9 Å². The highest BCUT2D eigenvalue weighted by Crippen LogP contribution is 2.61. The van der Waals surface area contributed by atoms with Crippen molar-refractivity contribution in [2.24, 2.45) is 0 Å². The molecule has 0 aromatic carbocycles. The van der Waals surface area contributed by atoms with Gasteiger partial charge in [0.05, 0.1) is 19.8 Å². The fourth-order valence-electron chi connectivity index (χ4n) is 5.56. The lowest BCUT2D eigenvalue weighted by Gasteiger charge is -2.48. The van der Waals surface area contributed by atoms with Gasteiger partial charge in [-0.2, -0.15) is 4.31 Å². The molecule has 0 radical (unpaired) electrons. The molecule has 3 aliphatic heterocycles. The van der Waals surface area contributed by atoms with Gasteiger partial charge in [0.1, 0.15) is 67.0 Å². The molecule has 2 unspecified atom stereocenters. The number of carbonyl (C=O) groups is 2. The summed E-state index contributed by atoms with van der Waals surface area (Å²) < 4.78 is 84.3. The van der Waals surface area contributed by atoms with E-state index in [1.807, 2.05) is 10.3 Å². The smallest absolute Gasteiger partial charge is 0.394 e. The van der Waals surface area contributed by atoms with Crippen LogP contribution in [0.3, 0.4) is 0 Å². The molecule has 0 aliphatic carbocycles. The highest BCUT2D eigenvalue weighted by atomic mass is 31.3. The molecule has 2 amide bonds. The lowest BCUT2D eigenvalue weighted by molar-refractivity contribution is -0.321. The average Bonchev–Trinajstić information content (AvgIpc) is 3.36. The van der Waals surface area contributed by atoms with Crippen molar-refractivity contribution in [1.29, 1.82) is 0 Å². The second kappa shape index (κ2) is 17.5. The fraction of sp³-hybridized carbons (Fsp3) is 0.760. The third-order valence-corrected chi connectivity index (χ3v) is 10.6. The number of carbonyl (C=O) groups excluding carboxylic acids is 2. The van der Waals surface area contributed by atoms with Crippen LogP contribution in [0.5, 0.6) is 0 Å². The van der Waals surface area contributed by atoms with E-state index in [4.69, 9.17) is 27.6 Å². The maximum atomic E-state index is 13.1. The Bertz CT molecular complexity index is 1770. The van der Waals surface area contributed by atoms with Crippen LogP contribution in [0.1, 0.15) is 24.1 Å². The number of hydrogen-bond acceptors (Lipinski definition) is 20. The number of phosphoric ester groups is 2. The topological polar surface area (TPSA) is 394 Å². The van der Waals surface area contributed by atoms with Crippen LogP contribution in [-0.2, 0) is 51.0 Å². The van der Waals surface area contributed by atoms with E-state index in [0.717, 1.165) is 19.2 Å². The third kappa shape index (κ3) is 10.4. The minimum atomic E-state index is -6.05. The van der Waals surface area contributed by atoms with Gasteiger partial charge in [0.25, 0.3) is 5.56 Å². The summed E-state index contributed by atoms with van der Waals surface area (Å²) in [5.41, 5.74) is -1.88. The van der Waals surface area contributed by atoms with Crippen LogP contribution < -0.4 is 21.9 Å². The Labute approximate surface area is 301 Å². The van der Waals surface area contributed by atoms with Crippen LogP contribution in [-0.4, -0.2) is 166 Å². The second-order valence-corrected chi connectivity index (χ2v) is 14.7. The molecule has 12 N–H and O–H groups in total. The summed E-state index contributed by atoms with van der Waals surface area (Å²) in [6.45, 7) is -5.80. The van der Waals surface area contributed by atoms with Crippen molar-refractivity contribution >= 4 is 27.5 Å². The number of aromatic amines is 1. The number of nitrogens with zero attached hydrogens (tertiary/aromatic N) is 1. The molecule has 53 heavy (non-hydrogen) atoms. The average molecular weight is 817 g/mol. The highest BCUT2D eigenvalue weighted by Gasteiger charge is 2.54. The molecule has 0 saturated carbocycles. The molecule has 3 fully saturated rings. The van der Waals surface area contributed by atoms with Crippen molar-refractivity contribution in [2.45, 2.75) is 99.6 Å². The Kier molecular flexibility index (Phi) is 12.8. The summed E-state index contributed by atoms with van der Waals surface area (Å²) in [6, 6.07) is -3.12. The van der Waals surface area contributed by atoms with Gasteiger partial charge in [-0.25, -0.2) is 13.9 Å². The van der Waals surface area contributed by atoms with Gasteiger partial charge in [-0.3, -0.25) is 33.0 Å². The summed E-state index contributed by atoms with van der Waals surface area (Å²) in [5.74, 6) is -2.67. The number of H-pyrrole nitrogens is 1. The molecule has 4 heterocycles. The zero-order valence-corrected chi connectivity index (χ0v) is 28.8. The lowest BCUT2D eigenvalue weighted by atomic mass is 9.94. The second-order valence-electron chi connectivity index (χ2n) is 11.7. The van der Waals surface area contributed by atoms with E-state index < -0.39 is 151 Å². The van der Waals surface area contributed by atoms with E-state index in [0.29, 0.717) is 4.57 Å². The number of aromatic nitrogens is 2. The van der Waals surface area contributed by atoms with E-state index in [9.17, 15) is 73.8 Å². The number of aliphatic hydroxyl groups excluding tert-OH is 7. The summed E-state index contributed by atoms with van der Waals surface area (Å²) in [6.07, 6.45) is -22.5. The Hall–Kier alpha value is -2.56. The highest BCUT2D eigenvalue weighted by molar-refractivity contribution is 7.61. The predicted octanol–water partition coefficient (Wildman–Crippen LogP) is -6.68. The molecule has 0 spiro atoms. The van der Waals surface area contributed by atoms with Crippen molar-refractivity contribution in [3.63, 3.8) is 0 Å². The number of nitrogens with one attached hydrogen (secondary N) is 3. The summed E-state index contributed by atoms with van der Waals surface area (Å²) in [7, 11) is -11.9. The Morgan fingerprint density at radius 1 is 0.868 bits per heavy atom. The van der Waals surface area contributed by atoms with Gasteiger partial charge in [0.15, 0.2) is 18.8 Å². The monoisotopic (exact) mass is 816 g/mol. The quantitative estimate of drug-likeness (QED) is 0.0776. The van der Waals surface area contributed by atoms with Crippen molar-refractivity contribution in [3.8, 4) is 0 Å². The molecule has 302 valence electrons. The molecular weight excluding hydrogens is 770 g/mol. The van der Waals surface area contributed by atoms with Crippen molar-refractivity contribution in [2.75, 3.05) is 19.8 Å². The van der Waals surface area contributed by atoms with Crippen LogP contribution >= 0.6 is 15.6 Å². The Morgan fingerprint density at radius 3 is 2.08 bits per heavy atom. The molecule has 28 heteroatoms. The zero-order valence-electron chi connectivity index (χ0n) is 30.0. The zero-order chi connectivity index (χ0) is 42.1. The van der Waals surface area contributed by atoms with Gasteiger partial charge in [0.2, 0.25) is 11.8 Å². The first kappa shape index (κ1) is 38.7. The molecule has 4 rings (SSSR count). The Morgan fingerprint density at radius 2 is 1.47 bits per heavy atom. The first-order valence-corrected chi connectivity index (χ1v) is 18.2. The number of ether oxygens (including phenoxy) is 4. The molecule has 0 bridgehead atoms. The number of rotatable bonds is 14. The Balaban J connectivity index is 1.56. The molecule has 16 atom stereocenters. The van der Waals surface area contributed by atoms with Gasteiger partial charge >= 0.3 is 21.3 Å². The first-order chi connectivity index (χ1) is 25.9. The molecular formula is C25H40N4O22P2. The molecule has 1 aromatic rings. The summed E-state index contributed by atoms with van der Waals surface area (Å²) in [5, 5.41) is 76.4. The normalized spacial score (nSPS) is 39.5. The SMILES string of the molecule is [3H]C([3H])([3H])C(=O)N[C@H]1[C@@H](OP(=O)(O)OP(=O)(O)OC[C@H]2O[C@@H](n3ccc(=O)[nH]c3=O)[C@H](O)[C@@H]2O)O[C@H](CO)[C@@H](O)[C@@H]1O[C@@H]1O[C@H](CO)[C@@H](O)[C@H](O)[C@H]1NC(C)=O. The maximum Gasteiger partial charge on any atom is 0.483 e. The lowest BCUT2D eigenvalue weighted by Crippen LogP contribution is -2.69. The molecule has 3 saturated heterocycles. The van der Waals surface area contributed by atoms with Gasteiger partial charge < -0.3 is 75.1 Å². The molecule has 3 aliphatic rings. The standard InChI is InChI=1S/C25H40N4O22P2/c1-8(32)26-14-19(38)16(35)10(5-30)47-23(14)49-21-15(27-9(2)33)24(48-11(6-31)18(21)37)50-53(43,44)51-52(41,42)45-7-12-17(36)20(39)22(46-12)29-4-3-13(34)28-25(29)40/h3-4,10-12,14-24,30-31,35-39H,5-7H2,1-2H3,(H,26,32)(H,27,33)(H,41,42)(H,43,44)(H,28,34,40)/t10-,11-,12-,14-,15-,16-,17-,18-,19-,20-,21-,22-,23+,24-/m1/s1/i2T3. The van der Waals surface area contributed by atoms with Gasteiger partial charge in [-0.15, -0.1) is 0 Å². The number of amides is 2. The van der Waals surface area contributed by atoms with Gasteiger partial charge in [-0.05, 0) is 0 Å².